The monoisotopic (exact) mass is 410 g/mol. The lowest BCUT2D eigenvalue weighted by atomic mass is 10.2. The molecular weight excluding hydrogens is 392 g/mol. The Morgan fingerprint density at radius 2 is 1.86 bits per heavy atom. The van der Waals surface area contributed by atoms with Crippen LogP contribution in [0.25, 0.3) is 22.7 Å². The summed E-state index contributed by atoms with van der Waals surface area (Å²) >= 11 is 7.66. The maximum Gasteiger partial charge on any atom is 0.247 e. The standard InChI is InChI=1S/C21H19ClN4OS/c1-3-26-18(15-8-5-4-6-9-15)13-23-21(26)28-14(2)19-24-25-20(27-19)16-10-7-11-17(22)12-16/h4-14H,3H2,1-2H3/t14-/m1/s1. The van der Waals surface area contributed by atoms with E-state index in [0.717, 1.165) is 28.5 Å². The maximum atomic E-state index is 6.05. The van der Waals surface area contributed by atoms with Gasteiger partial charge in [-0.2, -0.15) is 0 Å². The third-order valence-electron chi connectivity index (χ3n) is 4.35. The lowest BCUT2D eigenvalue weighted by molar-refractivity contribution is 0.508. The summed E-state index contributed by atoms with van der Waals surface area (Å²) in [5.41, 5.74) is 3.06. The van der Waals surface area contributed by atoms with Gasteiger partial charge in [-0.1, -0.05) is 59.8 Å². The molecular formula is C21H19ClN4OS. The van der Waals surface area contributed by atoms with Gasteiger partial charge in [0, 0.05) is 17.1 Å². The first-order chi connectivity index (χ1) is 13.7. The fraction of sp³-hybridized carbons (Fsp3) is 0.190. The third-order valence-corrected chi connectivity index (χ3v) is 5.67. The molecule has 0 spiro atoms. The van der Waals surface area contributed by atoms with Crippen molar-refractivity contribution in [3.05, 3.63) is 71.7 Å². The Labute approximate surface area is 172 Å². The molecule has 142 valence electrons. The van der Waals surface area contributed by atoms with E-state index in [2.05, 4.69) is 38.8 Å². The fourth-order valence-corrected chi connectivity index (χ4v) is 4.11. The molecule has 4 aromatic rings. The minimum atomic E-state index is -0.0308. The highest BCUT2D eigenvalue weighted by molar-refractivity contribution is 7.99. The van der Waals surface area contributed by atoms with E-state index >= 15 is 0 Å². The molecule has 5 nitrogen and oxygen atoms in total. The van der Waals surface area contributed by atoms with Crippen molar-refractivity contribution < 1.29 is 4.42 Å². The average molecular weight is 411 g/mol. The van der Waals surface area contributed by atoms with Crippen molar-refractivity contribution in [2.45, 2.75) is 30.8 Å². The topological polar surface area (TPSA) is 56.7 Å². The molecule has 0 saturated carbocycles. The Morgan fingerprint density at radius 1 is 1.07 bits per heavy atom. The zero-order valence-electron chi connectivity index (χ0n) is 15.5. The summed E-state index contributed by atoms with van der Waals surface area (Å²) in [6.45, 7) is 4.99. The van der Waals surface area contributed by atoms with Crippen LogP contribution in [-0.4, -0.2) is 19.7 Å². The number of halogens is 1. The lowest BCUT2D eigenvalue weighted by Crippen LogP contribution is -2.00. The van der Waals surface area contributed by atoms with Crippen LogP contribution in [0.5, 0.6) is 0 Å². The van der Waals surface area contributed by atoms with E-state index in [-0.39, 0.29) is 5.25 Å². The van der Waals surface area contributed by atoms with Gasteiger partial charge in [0.05, 0.1) is 17.1 Å². The van der Waals surface area contributed by atoms with Crippen molar-refractivity contribution in [3.8, 4) is 22.7 Å². The van der Waals surface area contributed by atoms with E-state index in [1.165, 1.54) is 0 Å². The van der Waals surface area contributed by atoms with E-state index in [1.54, 1.807) is 11.8 Å². The van der Waals surface area contributed by atoms with Gasteiger partial charge in [-0.25, -0.2) is 4.98 Å². The molecule has 4 rings (SSSR count). The Morgan fingerprint density at radius 3 is 2.61 bits per heavy atom. The summed E-state index contributed by atoms with van der Waals surface area (Å²) in [5, 5.41) is 9.92. The predicted octanol–water partition coefficient (Wildman–Crippen LogP) is 6.13. The minimum Gasteiger partial charge on any atom is -0.419 e. The molecule has 0 saturated heterocycles. The number of aromatic nitrogens is 4. The Bertz CT molecular complexity index is 1080. The molecule has 1 atom stereocenters. The van der Waals surface area contributed by atoms with Crippen molar-refractivity contribution in [1.29, 1.82) is 0 Å². The van der Waals surface area contributed by atoms with Crippen LogP contribution in [0.15, 0.2) is 70.4 Å². The van der Waals surface area contributed by atoms with Gasteiger partial charge in [0.25, 0.3) is 0 Å². The number of rotatable bonds is 6. The number of benzene rings is 2. The number of thioether (sulfide) groups is 1. The molecule has 0 bridgehead atoms. The van der Waals surface area contributed by atoms with Crippen LogP contribution in [0.4, 0.5) is 0 Å². The van der Waals surface area contributed by atoms with Crippen LogP contribution >= 0.6 is 23.4 Å². The highest BCUT2D eigenvalue weighted by Gasteiger charge is 2.20. The molecule has 2 aromatic heterocycles. The van der Waals surface area contributed by atoms with E-state index in [4.69, 9.17) is 16.0 Å². The molecule has 2 aromatic carbocycles. The first-order valence-corrected chi connectivity index (χ1v) is 10.3. The molecule has 7 heteroatoms. The van der Waals surface area contributed by atoms with Gasteiger partial charge >= 0.3 is 0 Å². The maximum absolute atomic E-state index is 6.05. The van der Waals surface area contributed by atoms with E-state index < -0.39 is 0 Å². The highest BCUT2D eigenvalue weighted by Crippen LogP contribution is 2.36. The SMILES string of the molecule is CCn1c(-c2ccccc2)cnc1S[C@H](C)c1nnc(-c2cccc(Cl)c2)o1. The fourth-order valence-electron chi connectivity index (χ4n) is 2.94. The van der Waals surface area contributed by atoms with Crippen molar-refractivity contribution in [1.82, 2.24) is 19.7 Å². The van der Waals surface area contributed by atoms with Crippen molar-refractivity contribution >= 4 is 23.4 Å². The molecule has 0 N–H and O–H groups in total. The summed E-state index contributed by atoms with van der Waals surface area (Å²) in [7, 11) is 0. The number of hydrogen-bond donors (Lipinski definition) is 0. The Balaban J connectivity index is 1.56. The normalized spacial score (nSPS) is 12.2. The second-order valence-corrected chi connectivity index (χ2v) is 8.00. The summed E-state index contributed by atoms with van der Waals surface area (Å²) in [4.78, 5) is 4.62. The number of nitrogens with zero attached hydrogens (tertiary/aromatic N) is 4. The van der Waals surface area contributed by atoms with E-state index in [0.29, 0.717) is 16.8 Å². The second kappa shape index (κ2) is 8.20. The van der Waals surface area contributed by atoms with Crippen LogP contribution in [0, 0.1) is 0 Å². The van der Waals surface area contributed by atoms with Crippen LogP contribution < -0.4 is 0 Å². The van der Waals surface area contributed by atoms with Gasteiger partial charge in [-0.05, 0) is 37.6 Å². The molecule has 0 unspecified atom stereocenters. The molecule has 28 heavy (non-hydrogen) atoms. The third kappa shape index (κ3) is 3.84. The largest absolute Gasteiger partial charge is 0.419 e. The van der Waals surface area contributed by atoms with E-state index in [1.807, 2.05) is 55.6 Å². The van der Waals surface area contributed by atoms with Crippen molar-refractivity contribution in [2.24, 2.45) is 0 Å². The molecule has 0 aliphatic heterocycles. The molecule has 0 aliphatic rings. The van der Waals surface area contributed by atoms with E-state index in [9.17, 15) is 0 Å². The van der Waals surface area contributed by atoms with Gasteiger partial charge in [-0.3, -0.25) is 0 Å². The summed E-state index contributed by atoms with van der Waals surface area (Å²) in [5.74, 6) is 1.03. The molecule has 0 radical (unpaired) electrons. The summed E-state index contributed by atoms with van der Waals surface area (Å²) in [6, 6.07) is 17.7. The van der Waals surface area contributed by atoms with Gasteiger partial charge in [-0.15, -0.1) is 10.2 Å². The van der Waals surface area contributed by atoms with Crippen LogP contribution in [0.2, 0.25) is 5.02 Å². The van der Waals surface area contributed by atoms with Crippen molar-refractivity contribution in [3.63, 3.8) is 0 Å². The average Bonchev–Trinajstić information content (AvgIpc) is 3.36. The Hall–Kier alpha value is -2.57. The van der Waals surface area contributed by atoms with Gasteiger partial charge < -0.3 is 8.98 Å². The number of imidazole rings is 1. The predicted molar refractivity (Wildman–Crippen MR) is 112 cm³/mol. The van der Waals surface area contributed by atoms with Gasteiger partial charge in [0.2, 0.25) is 11.8 Å². The first-order valence-electron chi connectivity index (χ1n) is 9.02. The second-order valence-electron chi connectivity index (χ2n) is 6.25. The molecule has 0 aliphatic carbocycles. The van der Waals surface area contributed by atoms with Crippen LogP contribution in [-0.2, 0) is 6.54 Å². The molecule has 0 fully saturated rings. The van der Waals surface area contributed by atoms with Crippen LogP contribution in [0.3, 0.4) is 0 Å². The zero-order chi connectivity index (χ0) is 19.5. The quantitative estimate of drug-likeness (QED) is 0.358. The van der Waals surface area contributed by atoms with Gasteiger partial charge in [0.1, 0.15) is 0 Å². The Kier molecular flexibility index (Phi) is 5.50. The molecule has 2 heterocycles. The highest BCUT2D eigenvalue weighted by atomic mass is 35.5. The number of hydrogen-bond acceptors (Lipinski definition) is 5. The minimum absolute atomic E-state index is 0.0308. The zero-order valence-corrected chi connectivity index (χ0v) is 17.1. The molecule has 0 amide bonds. The first kappa shape index (κ1) is 18.8. The summed E-state index contributed by atoms with van der Waals surface area (Å²) < 4.78 is 8.08. The van der Waals surface area contributed by atoms with Crippen LogP contribution in [0.1, 0.15) is 25.0 Å². The van der Waals surface area contributed by atoms with Crippen molar-refractivity contribution in [2.75, 3.05) is 0 Å². The lowest BCUT2D eigenvalue weighted by Gasteiger charge is -2.11. The summed E-state index contributed by atoms with van der Waals surface area (Å²) in [6.07, 6.45) is 1.92. The van der Waals surface area contributed by atoms with Gasteiger partial charge in [0.15, 0.2) is 5.16 Å². The smallest absolute Gasteiger partial charge is 0.247 e.